The van der Waals surface area contributed by atoms with Gasteiger partial charge < -0.3 is 16.0 Å². The molecule has 2 amide bonds. The number of rotatable bonds is 6. The Kier molecular flexibility index (Phi) is 6.33. The minimum absolute atomic E-state index is 0.292. The van der Waals surface area contributed by atoms with Crippen molar-refractivity contribution in [2.24, 2.45) is 5.73 Å². The molecule has 92 valence electrons. The Bertz CT molecular complexity index is 227. The van der Waals surface area contributed by atoms with Crippen LogP contribution < -0.4 is 11.1 Å². The molecule has 0 aromatic heterocycles. The first kappa shape index (κ1) is 13.4. The fraction of sp³-hybridized carbons (Fsp3) is 0.727. The quantitative estimate of drug-likeness (QED) is 0.541. The highest BCUT2D eigenvalue weighted by molar-refractivity contribution is 7.99. The lowest BCUT2D eigenvalue weighted by atomic mass is 10.1. The third-order valence-corrected chi connectivity index (χ3v) is 3.69. The van der Waals surface area contributed by atoms with Crippen molar-refractivity contribution in [3.8, 4) is 0 Å². The van der Waals surface area contributed by atoms with Crippen LogP contribution in [-0.2, 0) is 0 Å². The van der Waals surface area contributed by atoms with Crippen LogP contribution in [0.4, 0.5) is 4.79 Å². The lowest BCUT2D eigenvalue weighted by Gasteiger charge is -2.31. The normalized spacial score (nSPS) is 17.4. The monoisotopic (exact) mass is 243 g/mol. The van der Waals surface area contributed by atoms with Gasteiger partial charge in [0.15, 0.2) is 0 Å². The van der Waals surface area contributed by atoms with Gasteiger partial charge in [0, 0.05) is 37.2 Å². The summed E-state index contributed by atoms with van der Waals surface area (Å²) in [6, 6.07) is 0.250. The van der Waals surface area contributed by atoms with E-state index < -0.39 is 0 Å². The molecule has 1 heterocycles. The van der Waals surface area contributed by atoms with E-state index in [2.05, 4.69) is 11.9 Å². The van der Waals surface area contributed by atoms with E-state index in [1.165, 1.54) is 0 Å². The number of hydrogen-bond acceptors (Lipinski definition) is 3. The van der Waals surface area contributed by atoms with Crippen LogP contribution in [0.1, 0.15) is 12.8 Å². The number of carbonyl (C=O) groups is 1. The van der Waals surface area contributed by atoms with Gasteiger partial charge in [0.1, 0.15) is 0 Å². The number of amides is 2. The maximum absolute atomic E-state index is 10.9. The van der Waals surface area contributed by atoms with Crippen LogP contribution in [-0.4, -0.2) is 48.1 Å². The summed E-state index contributed by atoms with van der Waals surface area (Å²) in [5.74, 6) is 2.13. The number of likely N-dealkylation sites (tertiary alicyclic amines) is 1. The largest absolute Gasteiger partial charge is 0.351 e. The zero-order valence-corrected chi connectivity index (χ0v) is 10.5. The molecule has 1 saturated heterocycles. The van der Waals surface area contributed by atoms with Crippen LogP contribution in [0, 0.1) is 0 Å². The van der Waals surface area contributed by atoms with Crippen molar-refractivity contribution in [3.05, 3.63) is 12.7 Å². The molecule has 0 unspecified atom stereocenters. The molecule has 0 spiro atoms. The van der Waals surface area contributed by atoms with E-state index >= 15 is 0 Å². The second-order valence-corrected chi connectivity index (χ2v) is 5.07. The third-order valence-electron chi connectivity index (χ3n) is 2.72. The number of nitrogens with two attached hydrogens (primary N) is 1. The first-order chi connectivity index (χ1) is 7.74. The molecule has 1 fully saturated rings. The summed E-state index contributed by atoms with van der Waals surface area (Å²) in [6.45, 7) is 6.28. The van der Waals surface area contributed by atoms with E-state index in [9.17, 15) is 4.79 Å². The minimum atomic E-state index is -0.292. The summed E-state index contributed by atoms with van der Waals surface area (Å²) in [5, 5.41) is 3.51. The van der Waals surface area contributed by atoms with Crippen molar-refractivity contribution in [1.82, 2.24) is 10.2 Å². The fourth-order valence-electron chi connectivity index (χ4n) is 1.81. The van der Waals surface area contributed by atoms with Crippen molar-refractivity contribution >= 4 is 17.8 Å². The van der Waals surface area contributed by atoms with Crippen molar-refractivity contribution in [2.45, 2.75) is 18.9 Å². The Morgan fingerprint density at radius 1 is 1.56 bits per heavy atom. The lowest BCUT2D eigenvalue weighted by Crippen LogP contribution is -2.47. The number of nitrogens with one attached hydrogen (secondary N) is 1. The fourth-order valence-corrected chi connectivity index (χ4v) is 2.40. The molecule has 1 rings (SSSR count). The van der Waals surface area contributed by atoms with Gasteiger partial charge in [-0.1, -0.05) is 6.08 Å². The summed E-state index contributed by atoms with van der Waals surface area (Å²) < 4.78 is 0. The van der Waals surface area contributed by atoms with Gasteiger partial charge in [-0.2, -0.15) is 11.8 Å². The summed E-state index contributed by atoms with van der Waals surface area (Å²) in [4.78, 5) is 12.6. The molecule has 0 aromatic carbocycles. The van der Waals surface area contributed by atoms with E-state index in [-0.39, 0.29) is 6.03 Å². The van der Waals surface area contributed by atoms with E-state index in [1.54, 1.807) is 4.90 Å². The number of carbonyl (C=O) groups excluding carboxylic acids is 1. The molecule has 4 nitrogen and oxygen atoms in total. The van der Waals surface area contributed by atoms with Gasteiger partial charge in [0.05, 0.1) is 0 Å². The topological polar surface area (TPSA) is 58.4 Å². The van der Waals surface area contributed by atoms with Crippen LogP contribution in [0.25, 0.3) is 0 Å². The Hall–Kier alpha value is -0.680. The molecule has 5 heteroatoms. The molecule has 1 aliphatic rings. The van der Waals surface area contributed by atoms with Gasteiger partial charge in [-0.15, -0.1) is 6.58 Å². The molecule has 3 N–H and O–H groups in total. The van der Waals surface area contributed by atoms with Gasteiger partial charge in [-0.3, -0.25) is 0 Å². The second-order valence-electron chi connectivity index (χ2n) is 3.92. The molecule has 0 atom stereocenters. The molecule has 0 bridgehead atoms. The summed E-state index contributed by atoms with van der Waals surface area (Å²) in [7, 11) is 0. The van der Waals surface area contributed by atoms with Crippen molar-refractivity contribution in [2.75, 3.05) is 31.1 Å². The summed E-state index contributed by atoms with van der Waals surface area (Å²) >= 11 is 1.88. The first-order valence-corrected chi connectivity index (χ1v) is 6.86. The van der Waals surface area contributed by atoms with Gasteiger partial charge in [0.2, 0.25) is 0 Å². The van der Waals surface area contributed by atoms with Crippen LogP contribution in [0.3, 0.4) is 0 Å². The van der Waals surface area contributed by atoms with E-state index in [0.29, 0.717) is 6.04 Å². The maximum atomic E-state index is 10.9. The highest BCUT2D eigenvalue weighted by atomic mass is 32.2. The molecular weight excluding hydrogens is 222 g/mol. The van der Waals surface area contributed by atoms with Crippen LogP contribution in [0.15, 0.2) is 12.7 Å². The molecule has 0 aromatic rings. The van der Waals surface area contributed by atoms with Crippen molar-refractivity contribution in [3.63, 3.8) is 0 Å². The number of thioether (sulfide) groups is 1. The number of primary amides is 1. The third kappa shape index (κ3) is 4.90. The molecule has 1 aliphatic heterocycles. The summed E-state index contributed by atoms with van der Waals surface area (Å²) in [6.07, 6.45) is 3.94. The van der Waals surface area contributed by atoms with Crippen LogP contribution >= 0.6 is 11.8 Å². The number of hydrogen-bond donors (Lipinski definition) is 2. The SMILES string of the molecule is C=CCSCCNC1CCN(C(N)=O)CC1. The zero-order chi connectivity index (χ0) is 11.8. The van der Waals surface area contributed by atoms with E-state index in [0.717, 1.165) is 44.0 Å². The summed E-state index contributed by atoms with van der Waals surface area (Å²) in [5.41, 5.74) is 5.22. The molecule has 0 aliphatic carbocycles. The minimum Gasteiger partial charge on any atom is -0.351 e. The standard InChI is InChI=1S/C11H21N3OS/c1-2-8-16-9-5-13-10-3-6-14(7-4-10)11(12)15/h2,10,13H,1,3-9H2,(H2,12,15). The number of nitrogens with zero attached hydrogens (tertiary/aromatic N) is 1. The maximum Gasteiger partial charge on any atom is 0.314 e. The molecule has 0 radical (unpaired) electrons. The number of piperidine rings is 1. The van der Waals surface area contributed by atoms with Crippen LogP contribution in [0.5, 0.6) is 0 Å². The average Bonchev–Trinajstić information content (AvgIpc) is 2.29. The van der Waals surface area contributed by atoms with E-state index in [1.807, 2.05) is 17.8 Å². The molecule has 16 heavy (non-hydrogen) atoms. The van der Waals surface area contributed by atoms with E-state index in [4.69, 9.17) is 5.73 Å². The van der Waals surface area contributed by atoms with Gasteiger partial charge in [-0.05, 0) is 12.8 Å². The molecular formula is C11H21N3OS. The molecule has 0 saturated carbocycles. The van der Waals surface area contributed by atoms with Gasteiger partial charge in [-0.25, -0.2) is 4.79 Å². The second kappa shape index (κ2) is 7.57. The Labute approximate surface area is 102 Å². The predicted molar refractivity (Wildman–Crippen MR) is 69.7 cm³/mol. The van der Waals surface area contributed by atoms with Crippen molar-refractivity contribution < 1.29 is 4.79 Å². The number of urea groups is 1. The smallest absolute Gasteiger partial charge is 0.314 e. The predicted octanol–water partition coefficient (Wildman–Crippen LogP) is 1.04. The lowest BCUT2D eigenvalue weighted by molar-refractivity contribution is 0.186. The van der Waals surface area contributed by atoms with Crippen molar-refractivity contribution in [1.29, 1.82) is 0 Å². The Balaban J connectivity index is 2.03. The van der Waals surface area contributed by atoms with Gasteiger partial charge >= 0.3 is 6.03 Å². The first-order valence-electron chi connectivity index (χ1n) is 5.70. The Morgan fingerprint density at radius 3 is 2.81 bits per heavy atom. The highest BCUT2D eigenvalue weighted by Crippen LogP contribution is 2.09. The average molecular weight is 243 g/mol. The zero-order valence-electron chi connectivity index (χ0n) is 9.65. The Morgan fingerprint density at radius 2 is 2.25 bits per heavy atom. The van der Waals surface area contributed by atoms with Gasteiger partial charge in [0.25, 0.3) is 0 Å². The van der Waals surface area contributed by atoms with Crippen LogP contribution in [0.2, 0.25) is 0 Å². The highest BCUT2D eigenvalue weighted by Gasteiger charge is 2.20.